The van der Waals surface area contributed by atoms with Crippen LogP contribution in [0.2, 0.25) is 0 Å². The first-order chi connectivity index (χ1) is 9.93. The van der Waals surface area contributed by atoms with Gasteiger partial charge < -0.3 is 10.6 Å². The standard InChI is InChI=1S/C19H26N2/c1-7-16(9-8-13(4)12(2)3)20-18-14(5)15(6)19(18)21-17-10-11-17/h7-9,13,17,20-21H,2,5-6,10-11H2,1,3-4H3/b9-8?,16-7+. The molecule has 0 amide bonds. The van der Waals surface area contributed by atoms with Crippen LogP contribution in [0.15, 0.2) is 71.8 Å². The number of hydrogen-bond acceptors (Lipinski definition) is 2. The summed E-state index contributed by atoms with van der Waals surface area (Å²) in [7, 11) is 0. The van der Waals surface area contributed by atoms with Crippen molar-refractivity contribution < 1.29 is 0 Å². The molecule has 0 saturated heterocycles. The van der Waals surface area contributed by atoms with Gasteiger partial charge in [-0.05, 0) is 38.7 Å². The van der Waals surface area contributed by atoms with Crippen LogP contribution in [-0.4, -0.2) is 6.04 Å². The minimum absolute atomic E-state index is 0.374. The molecule has 2 nitrogen and oxygen atoms in total. The maximum Gasteiger partial charge on any atom is 0.0700 e. The summed E-state index contributed by atoms with van der Waals surface area (Å²) in [4.78, 5) is 0. The third-order valence-electron chi connectivity index (χ3n) is 4.07. The third-order valence-corrected chi connectivity index (χ3v) is 4.07. The lowest BCUT2D eigenvalue weighted by Gasteiger charge is -2.31. The largest absolute Gasteiger partial charge is 0.380 e. The van der Waals surface area contributed by atoms with Gasteiger partial charge in [0.2, 0.25) is 0 Å². The second-order valence-corrected chi connectivity index (χ2v) is 5.99. The minimum Gasteiger partial charge on any atom is -0.380 e. The van der Waals surface area contributed by atoms with Gasteiger partial charge in [0.05, 0.1) is 11.4 Å². The SMILES string of the molecule is C=C1C(=C)C(NC2CC2)=C1N/C(C=CC(C)C(=C)C)=C/C. The Hall–Kier alpha value is -1.96. The van der Waals surface area contributed by atoms with E-state index in [0.717, 1.165) is 28.2 Å². The van der Waals surface area contributed by atoms with Crippen LogP contribution in [0.4, 0.5) is 0 Å². The van der Waals surface area contributed by atoms with Gasteiger partial charge in [0, 0.05) is 22.9 Å². The van der Waals surface area contributed by atoms with E-state index in [9.17, 15) is 0 Å². The Morgan fingerprint density at radius 1 is 1.24 bits per heavy atom. The zero-order valence-electron chi connectivity index (χ0n) is 13.4. The molecule has 0 aliphatic heterocycles. The molecule has 112 valence electrons. The molecule has 2 N–H and O–H groups in total. The van der Waals surface area contributed by atoms with E-state index in [1.165, 1.54) is 18.4 Å². The van der Waals surface area contributed by atoms with E-state index in [4.69, 9.17) is 0 Å². The highest BCUT2D eigenvalue weighted by atomic mass is 15.0. The van der Waals surface area contributed by atoms with Crippen molar-refractivity contribution in [2.45, 2.75) is 39.7 Å². The molecule has 1 saturated carbocycles. The van der Waals surface area contributed by atoms with Gasteiger partial charge in [-0.1, -0.05) is 44.4 Å². The molecule has 0 aromatic carbocycles. The average Bonchev–Trinajstić information content (AvgIpc) is 3.28. The van der Waals surface area contributed by atoms with Crippen LogP contribution >= 0.6 is 0 Å². The minimum atomic E-state index is 0.374. The smallest absolute Gasteiger partial charge is 0.0700 e. The zero-order valence-corrected chi connectivity index (χ0v) is 13.4. The highest BCUT2D eigenvalue weighted by Crippen LogP contribution is 2.36. The van der Waals surface area contributed by atoms with Gasteiger partial charge >= 0.3 is 0 Å². The van der Waals surface area contributed by atoms with Crippen molar-refractivity contribution in [1.29, 1.82) is 0 Å². The van der Waals surface area contributed by atoms with Crippen LogP contribution in [0, 0.1) is 5.92 Å². The lowest BCUT2D eigenvalue weighted by Crippen LogP contribution is -2.32. The van der Waals surface area contributed by atoms with Crippen LogP contribution in [0.3, 0.4) is 0 Å². The second kappa shape index (κ2) is 6.21. The fourth-order valence-electron chi connectivity index (χ4n) is 2.04. The molecule has 0 heterocycles. The van der Waals surface area contributed by atoms with E-state index in [1.54, 1.807) is 0 Å². The molecule has 0 radical (unpaired) electrons. The van der Waals surface area contributed by atoms with Gasteiger partial charge in [0.15, 0.2) is 0 Å². The Morgan fingerprint density at radius 3 is 2.38 bits per heavy atom. The van der Waals surface area contributed by atoms with E-state index in [2.05, 4.69) is 62.4 Å². The molecule has 0 bridgehead atoms. The van der Waals surface area contributed by atoms with Crippen molar-refractivity contribution in [3.63, 3.8) is 0 Å². The van der Waals surface area contributed by atoms with Gasteiger partial charge in [-0.3, -0.25) is 0 Å². The molecule has 1 unspecified atom stereocenters. The molecular formula is C19H26N2. The number of allylic oxidation sites excluding steroid dienone is 6. The first-order valence-electron chi connectivity index (χ1n) is 7.60. The predicted molar refractivity (Wildman–Crippen MR) is 91.5 cm³/mol. The fraction of sp³-hybridized carbons (Fsp3) is 0.368. The number of hydrogen-bond donors (Lipinski definition) is 2. The van der Waals surface area contributed by atoms with Gasteiger partial charge in [0.25, 0.3) is 0 Å². The Bertz CT molecular complexity index is 568. The summed E-state index contributed by atoms with van der Waals surface area (Å²) in [6, 6.07) is 0.620. The monoisotopic (exact) mass is 282 g/mol. The van der Waals surface area contributed by atoms with E-state index in [0.29, 0.717) is 12.0 Å². The van der Waals surface area contributed by atoms with E-state index in [1.807, 2.05) is 6.92 Å². The van der Waals surface area contributed by atoms with Crippen molar-refractivity contribution in [2.75, 3.05) is 0 Å². The summed E-state index contributed by atoms with van der Waals surface area (Å²) in [5.41, 5.74) is 6.47. The predicted octanol–water partition coefficient (Wildman–Crippen LogP) is 4.34. The highest BCUT2D eigenvalue weighted by molar-refractivity contribution is 5.67. The quantitative estimate of drug-likeness (QED) is 0.536. The Balaban J connectivity index is 2.07. The Labute approximate surface area is 128 Å². The second-order valence-electron chi connectivity index (χ2n) is 5.99. The molecule has 1 fully saturated rings. The lowest BCUT2D eigenvalue weighted by molar-refractivity contribution is 0.762. The summed E-state index contributed by atoms with van der Waals surface area (Å²) >= 11 is 0. The molecule has 21 heavy (non-hydrogen) atoms. The van der Waals surface area contributed by atoms with Crippen molar-refractivity contribution >= 4 is 0 Å². The van der Waals surface area contributed by atoms with Gasteiger partial charge in [-0.25, -0.2) is 0 Å². The molecule has 2 aliphatic rings. The van der Waals surface area contributed by atoms with Crippen LogP contribution in [0.1, 0.15) is 33.6 Å². The zero-order chi connectivity index (χ0) is 15.6. The average molecular weight is 282 g/mol. The molecule has 2 heteroatoms. The number of rotatable bonds is 7. The molecular weight excluding hydrogens is 256 g/mol. The number of nitrogens with one attached hydrogen (secondary N) is 2. The molecule has 2 rings (SSSR count). The van der Waals surface area contributed by atoms with Crippen molar-refractivity contribution in [1.82, 2.24) is 10.6 Å². The summed E-state index contributed by atoms with van der Waals surface area (Å²) in [5.74, 6) is 0.374. The molecule has 1 atom stereocenters. The Morgan fingerprint density at radius 2 is 1.86 bits per heavy atom. The van der Waals surface area contributed by atoms with Crippen molar-refractivity contribution in [3.05, 3.63) is 71.8 Å². The van der Waals surface area contributed by atoms with Gasteiger partial charge in [-0.2, -0.15) is 0 Å². The first-order valence-corrected chi connectivity index (χ1v) is 7.60. The Kier molecular flexibility index (Phi) is 4.56. The normalized spacial score (nSPS) is 20.6. The lowest BCUT2D eigenvalue weighted by atomic mass is 9.89. The fourth-order valence-corrected chi connectivity index (χ4v) is 2.04. The maximum atomic E-state index is 4.09. The summed E-state index contributed by atoms with van der Waals surface area (Å²) in [5, 5.41) is 6.99. The molecule has 2 aliphatic carbocycles. The van der Waals surface area contributed by atoms with Crippen molar-refractivity contribution in [2.24, 2.45) is 5.92 Å². The molecule has 0 aromatic rings. The van der Waals surface area contributed by atoms with E-state index < -0.39 is 0 Å². The molecule has 0 aromatic heterocycles. The van der Waals surface area contributed by atoms with Crippen LogP contribution in [0.25, 0.3) is 0 Å². The summed E-state index contributed by atoms with van der Waals surface area (Å²) in [6.45, 7) is 18.4. The highest BCUT2D eigenvalue weighted by Gasteiger charge is 2.31. The summed E-state index contributed by atoms with van der Waals surface area (Å²) < 4.78 is 0. The van der Waals surface area contributed by atoms with E-state index >= 15 is 0 Å². The van der Waals surface area contributed by atoms with Gasteiger partial charge in [0.1, 0.15) is 0 Å². The van der Waals surface area contributed by atoms with Crippen LogP contribution in [0.5, 0.6) is 0 Å². The van der Waals surface area contributed by atoms with Crippen molar-refractivity contribution in [3.8, 4) is 0 Å². The van der Waals surface area contributed by atoms with Gasteiger partial charge in [-0.15, -0.1) is 0 Å². The van der Waals surface area contributed by atoms with E-state index in [-0.39, 0.29) is 0 Å². The molecule has 0 spiro atoms. The topological polar surface area (TPSA) is 24.1 Å². The van der Waals surface area contributed by atoms with Crippen LogP contribution in [-0.2, 0) is 0 Å². The third kappa shape index (κ3) is 3.57. The van der Waals surface area contributed by atoms with Crippen LogP contribution < -0.4 is 10.6 Å². The maximum absolute atomic E-state index is 4.09. The first kappa shape index (κ1) is 15.4. The summed E-state index contributed by atoms with van der Waals surface area (Å²) in [6.07, 6.45) is 8.84.